The Morgan fingerprint density at radius 3 is 2.47 bits per heavy atom. The summed E-state index contributed by atoms with van der Waals surface area (Å²) in [5.41, 5.74) is 7.40. The molecule has 0 aliphatic carbocycles. The van der Waals surface area contributed by atoms with Crippen LogP contribution in [0.4, 0.5) is 11.4 Å². The largest absolute Gasteiger partial charge is 0.399 e. The van der Waals surface area contributed by atoms with Gasteiger partial charge in [-0.1, -0.05) is 6.07 Å². The number of nitrogen functional groups attached to an aromatic ring is 1. The van der Waals surface area contributed by atoms with Gasteiger partial charge in [-0.15, -0.1) is 0 Å². The number of pyridine rings is 1. The van der Waals surface area contributed by atoms with E-state index in [2.05, 4.69) is 9.71 Å². The lowest BCUT2D eigenvalue weighted by molar-refractivity contribution is 0.600. The van der Waals surface area contributed by atoms with Crippen LogP contribution in [0, 0.1) is 0 Å². The number of sulfonamides is 1. The van der Waals surface area contributed by atoms with Crippen LogP contribution in [0.2, 0.25) is 0 Å². The van der Waals surface area contributed by atoms with E-state index >= 15 is 0 Å². The van der Waals surface area contributed by atoms with Crippen LogP contribution < -0.4 is 10.5 Å². The highest BCUT2D eigenvalue weighted by Gasteiger charge is 2.10. The van der Waals surface area contributed by atoms with Gasteiger partial charge in [-0.2, -0.15) is 0 Å². The van der Waals surface area contributed by atoms with E-state index in [1.165, 1.54) is 0 Å². The third kappa shape index (κ3) is 4.26. The van der Waals surface area contributed by atoms with Crippen LogP contribution in [0.3, 0.4) is 0 Å². The lowest BCUT2D eigenvalue weighted by Gasteiger charge is -2.07. The molecule has 0 bridgehead atoms. The molecule has 0 amide bonds. The maximum Gasteiger partial charge on any atom is 0.233 e. The first-order chi connectivity index (χ1) is 9.05. The second-order valence-corrected chi connectivity index (χ2v) is 5.96. The predicted octanol–water partition coefficient (Wildman–Crippen LogP) is 1.65. The van der Waals surface area contributed by atoms with Crippen molar-refractivity contribution in [2.45, 2.75) is 6.42 Å². The van der Waals surface area contributed by atoms with E-state index in [9.17, 15) is 8.42 Å². The third-order valence-corrected chi connectivity index (χ3v) is 3.83. The minimum Gasteiger partial charge on any atom is -0.399 e. The predicted molar refractivity (Wildman–Crippen MR) is 76.2 cm³/mol. The van der Waals surface area contributed by atoms with Crippen LogP contribution >= 0.6 is 0 Å². The summed E-state index contributed by atoms with van der Waals surface area (Å²) in [5.74, 6) is -0.00557. The minimum absolute atomic E-state index is 0.00557. The number of rotatable bonds is 5. The zero-order valence-corrected chi connectivity index (χ0v) is 11.1. The van der Waals surface area contributed by atoms with Crippen LogP contribution in [0.1, 0.15) is 5.69 Å². The maximum absolute atomic E-state index is 11.9. The van der Waals surface area contributed by atoms with Gasteiger partial charge in [0.2, 0.25) is 10.0 Å². The summed E-state index contributed by atoms with van der Waals surface area (Å²) in [6.07, 6.45) is 2.03. The number of nitrogens with two attached hydrogens (primary N) is 1. The first-order valence-electron chi connectivity index (χ1n) is 5.81. The molecule has 2 rings (SSSR count). The second-order valence-electron chi connectivity index (χ2n) is 4.11. The van der Waals surface area contributed by atoms with Crippen LogP contribution in [0.15, 0.2) is 48.7 Å². The summed E-state index contributed by atoms with van der Waals surface area (Å²) in [7, 11) is -3.38. The molecule has 5 nitrogen and oxygen atoms in total. The molecule has 0 atom stereocenters. The van der Waals surface area contributed by atoms with Crippen molar-refractivity contribution >= 4 is 21.4 Å². The molecule has 2 aromatic rings. The fourth-order valence-corrected chi connectivity index (χ4v) is 2.64. The number of hydrogen-bond donors (Lipinski definition) is 2. The standard InChI is InChI=1S/C13H15N3O2S/c14-11-4-6-13(7-5-11)16-19(17,18)10-8-12-3-1-2-9-15-12/h1-7,9,16H,8,10,14H2. The second kappa shape index (κ2) is 5.71. The van der Waals surface area contributed by atoms with Crippen molar-refractivity contribution in [2.24, 2.45) is 0 Å². The lowest BCUT2D eigenvalue weighted by atomic mass is 10.3. The van der Waals surface area contributed by atoms with Gasteiger partial charge in [0.05, 0.1) is 5.75 Å². The van der Waals surface area contributed by atoms with Crippen LogP contribution in [-0.4, -0.2) is 19.2 Å². The first-order valence-corrected chi connectivity index (χ1v) is 7.46. The molecule has 100 valence electrons. The number of aryl methyl sites for hydroxylation is 1. The number of nitrogens with zero attached hydrogens (tertiary/aromatic N) is 1. The molecule has 0 saturated heterocycles. The molecule has 0 saturated carbocycles. The monoisotopic (exact) mass is 277 g/mol. The van der Waals surface area contributed by atoms with Gasteiger partial charge < -0.3 is 5.73 Å². The van der Waals surface area contributed by atoms with E-state index in [4.69, 9.17) is 5.73 Å². The number of benzene rings is 1. The Bertz CT molecular complexity index is 625. The summed E-state index contributed by atoms with van der Waals surface area (Å²) in [5, 5.41) is 0. The van der Waals surface area contributed by atoms with Crippen molar-refractivity contribution in [3.8, 4) is 0 Å². The lowest BCUT2D eigenvalue weighted by Crippen LogP contribution is -2.18. The Hall–Kier alpha value is -2.08. The molecule has 3 N–H and O–H groups in total. The van der Waals surface area contributed by atoms with Gasteiger partial charge >= 0.3 is 0 Å². The molecule has 19 heavy (non-hydrogen) atoms. The summed E-state index contributed by atoms with van der Waals surface area (Å²) < 4.78 is 26.3. The van der Waals surface area contributed by atoms with E-state index in [0.717, 1.165) is 5.69 Å². The number of aromatic nitrogens is 1. The molecule has 0 aliphatic rings. The minimum atomic E-state index is -3.38. The molecule has 0 unspecified atom stereocenters. The smallest absolute Gasteiger partial charge is 0.233 e. The Kier molecular flexibility index (Phi) is 4.01. The van der Waals surface area contributed by atoms with E-state index in [0.29, 0.717) is 17.8 Å². The van der Waals surface area contributed by atoms with Gasteiger partial charge in [0.1, 0.15) is 0 Å². The van der Waals surface area contributed by atoms with Crippen molar-refractivity contribution in [3.63, 3.8) is 0 Å². The van der Waals surface area contributed by atoms with Crippen LogP contribution in [0.5, 0.6) is 0 Å². The van der Waals surface area contributed by atoms with Crippen LogP contribution in [-0.2, 0) is 16.4 Å². The molecular weight excluding hydrogens is 262 g/mol. The maximum atomic E-state index is 11.9. The summed E-state index contributed by atoms with van der Waals surface area (Å²) >= 11 is 0. The van der Waals surface area contributed by atoms with E-state index in [1.54, 1.807) is 42.6 Å². The van der Waals surface area contributed by atoms with Crippen molar-refractivity contribution in [1.29, 1.82) is 0 Å². The average molecular weight is 277 g/mol. The molecule has 1 aromatic carbocycles. The van der Waals surface area contributed by atoms with Crippen molar-refractivity contribution in [3.05, 3.63) is 54.4 Å². The van der Waals surface area contributed by atoms with Crippen LogP contribution in [0.25, 0.3) is 0 Å². The molecule has 0 aliphatic heterocycles. The molecule has 6 heteroatoms. The number of hydrogen-bond acceptors (Lipinski definition) is 4. The summed E-state index contributed by atoms with van der Waals surface area (Å²) in [4.78, 5) is 4.09. The molecular formula is C13H15N3O2S. The van der Waals surface area contributed by atoms with Gasteiger partial charge in [0.25, 0.3) is 0 Å². The number of nitrogens with one attached hydrogen (secondary N) is 1. The fraction of sp³-hybridized carbons (Fsp3) is 0.154. The Balaban J connectivity index is 1.97. The quantitative estimate of drug-likeness (QED) is 0.814. The normalized spacial score (nSPS) is 11.2. The molecule has 1 aromatic heterocycles. The van der Waals surface area contributed by atoms with E-state index in [-0.39, 0.29) is 5.75 Å². The summed E-state index contributed by atoms with van der Waals surface area (Å²) in [6.45, 7) is 0. The zero-order valence-electron chi connectivity index (χ0n) is 10.3. The Morgan fingerprint density at radius 1 is 1.11 bits per heavy atom. The van der Waals surface area contributed by atoms with Crippen molar-refractivity contribution < 1.29 is 8.42 Å². The molecule has 0 fully saturated rings. The zero-order chi connectivity index (χ0) is 13.7. The van der Waals surface area contributed by atoms with Gasteiger partial charge in [-0.3, -0.25) is 9.71 Å². The number of anilines is 2. The fourth-order valence-electron chi connectivity index (χ4n) is 1.57. The van der Waals surface area contributed by atoms with E-state index in [1.807, 2.05) is 6.07 Å². The SMILES string of the molecule is Nc1ccc(NS(=O)(=O)CCc2ccccn2)cc1. The Labute approximate surface area is 112 Å². The first kappa shape index (κ1) is 13.4. The highest BCUT2D eigenvalue weighted by Crippen LogP contribution is 2.12. The third-order valence-electron chi connectivity index (χ3n) is 2.54. The highest BCUT2D eigenvalue weighted by atomic mass is 32.2. The van der Waals surface area contributed by atoms with Gasteiger partial charge in [-0.25, -0.2) is 8.42 Å². The van der Waals surface area contributed by atoms with Gasteiger partial charge in [0.15, 0.2) is 0 Å². The van der Waals surface area contributed by atoms with Gasteiger partial charge in [-0.05, 0) is 36.4 Å². The van der Waals surface area contributed by atoms with Crippen molar-refractivity contribution in [1.82, 2.24) is 4.98 Å². The van der Waals surface area contributed by atoms with Crippen molar-refractivity contribution in [2.75, 3.05) is 16.2 Å². The average Bonchev–Trinajstić information content (AvgIpc) is 2.40. The molecule has 1 heterocycles. The summed E-state index contributed by atoms with van der Waals surface area (Å²) in [6, 6.07) is 12.0. The Morgan fingerprint density at radius 2 is 1.84 bits per heavy atom. The van der Waals surface area contributed by atoms with E-state index < -0.39 is 10.0 Å². The topological polar surface area (TPSA) is 85.1 Å². The highest BCUT2D eigenvalue weighted by molar-refractivity contribution is 7.92. The van der Waals surface area contributed by atoms with Gasteiger partial charge in [0, 0.05) is 29.7 Å². The molecule has 0 radical (unpaired) electrons. The molecule has 0 spiro atoms.